The molecule has 0 saturated heterocycles. The van der Waals surface area contributed by atoms with E-state index in [0.717, 1.165) is 12.3 Å². The fourth-order valence-electron chi connectivity index (χ4n) is 2.86. The van der Waals surface area contributed by atoms with E-state index >= 15 is 0 Å². The SMILES string of the molecule is Fc1ccc(CC(Br)C2CCCCCCC2)cc1. The van der Waals surface area contributed by atoms with Gasteiger partial charge in [0.25, 0.3) is 0 Å². The number of hydrogen-bond donors (Lipinski definition) is 0. The van der Waals surface area contributed by atoms with Crippen LogP contribution in [-0.4, -0.2) is 4.83 Å². The predicted molar refractivity (Wildman–Crippen MR) is 78.6 cm³/mol. The number of alkyl halides is 1. The van der Waals surface area contributed by atoms with Gasteiger partial charge in [0, 0.05) is 4.83 Å². The van der Waals surface area contributed by atoms with Crippen molar-refractivity contribution >= 4 is 15.9 Å². The van der Waals surface area contributed by atoms with Crippen molar-refractivity contribution in [2.24, 2.45) is 5.92 Å². The molecule has 2 heteroatoms. The fraction of sp³-hybridized carbons (Fsp3) is 0.625. The normalized spacial score (nSPS) is 20.1. The van der Waals surface area contributed by atoms with Crippen LogP contribution in [0.3, 0.4) is 0 Å². The Morgan fingerprint density at radius 2 is 1.56 bits per heavy atom. The van der Waals surface area contributed by atoms with Crippen LogP contribution < -0.4 is 0 Å². The first-order valence-electron chi connectivity index (χ1n) is 7.14. The molecule has 1 aliphatic carbocycles. The molecule has 1 atom stereocenters. The zero-order valence-corrected chi connectivity index (χ0v) is 12.5. The van der Waals surface area contributed by atoms with E-state index in [4.69, 9.17) is 0 Å². The average Bonchev–Trinajstić information content (AvgIpc) is 2.31. The van der Waals surface area contributed by atoms with Gasteiger partial charge in [0.1, 0.15) is 5.82 Å². The van der Waals surface area contributed by atoms with E-state index in [2.05, 4.69) is 15.9 Å². The fourth-order valence-corrected chi connectivity index (χ4v) is 3.76. The summed E-state index contributed by atoms with van der Waals surface area (Å²) in [4.78, 5) is 0.543. The summed E-state index contributed by atoms with van der Waals surface area (Å²) < 4.78 is 12.9. The molecular formula is C16H22BrF. The lowest BCUT2D eigenvalue weighted by Gasteiger charge is -2.24. The molecule has 0 spiro atoms. The third-order valence-electron chi connectivity index (χ3n) is 4.01. The smallest absolute Gasteiger partial charge is 0.123 e. The Hall–Kier alpha value is -0.370. The van der Waals surface area contributed by atoms with Crippen LogP contribution in [0.4, 0.5) is 4.39 Å². The Labute approximate surface area is 118 Å². The molecule has 0 N–H and O–H groups in total. The molecule has 1 aliphatic rings. The second-order valence-electron chi connectivity index (χ2n) is 5.45. The van der Waals surface area contributed by atoms with Crippen LogP contribution in [0.15, 0.2) is 24.3 Å². The van der Waals surface area contributed by atoms with Crippen molar-refractivity contribution in [3.63, 3.8) is 0 Å². The Bertz CT molecular complexity index is 339. The summed E-state index contributed by atoms with van der Waals surface area (Å²) in [6, 6.07) is 6.94. The first-order chi connectivity index (χ1) is 8.75. The molecule has 0 nitrogen and oxygen atoms in total. The third kappa shape index (κ3) is 4.38. The predicted octanol–water partition coefficient (Wildman–Crippen LogP) is 5.49. The van der Waals surface area contributed by atoms with Crippen molar-refractivity contribution in [3.05, 3.63) is 35.6 Å². The Morgan fingerprint density at radius 1 is 1.00 bits per heavy atom. The summed E-state index contributed by atoms with van der Waals surface area (Å²) in [6.07, 6.45) is 10.7. The van der Waals surface area contributed by atoms with Gasteiger partial charge in [-0.2, -0.15) is 0 Å². The molecule has 0 aliphatic heterocycles. The summed E-state index contributed by atoms with van der Waals surface area (Å²) in [7, 11) is 0. The van der Waals surface area contributed by atoms with Crippen LogP contribution in [0, 0.1) is 11.7 Å². The maximum absolute atomic E-state index is 12.9. The molecule has 1 unspecified atom stereocenters. The van der Waals surface area contributed by atoms with Gasteiger partial charge in [0.05, 0.1) is 0 Å². The Kier molecular flexibility index (Phi) is 5.68. The van der Waals surface area contributed by atoms with Gasteiger partial charge in [-0.05, 0) is 42.9 Å². The summed E-state index contributed by atoms with van der Waals surface area (Å²) >= 11 is 3.86. The molecule has 1 aromatic carbocycles. The second kappa shape index (κ2) is 7.28. The molecule has 18 heavy (non-hydrogen) atoms. The molecule has 0 heterocycles. The van der Waals surface area contributed by atoms with Crippen LogP contribution in [0.25, 0.3) is 0 Å². The quantitative estimate of drug-likeness (QED) is 0.647. The Morgan fingerprint density at radius 3 is 2.17 bits per heavy atom. The van der Waals surface area contributed by atoms with Crippen molar-refractivity contribution in [3.8, 4) is 0 Å². The van der Waals surface area contributed by atoms with Gasteiger partial charge in [0.2, 0.25) is 0 Å². The minimum absolute atomic E-state index is 0.143. The van der Waals surface area contributed by atoms with Crippen molar-refractivity contribution in [2.75, 3.05) is 0 Å². The van der Waals surface area contributed by atoms with E-state index in [0.29, 0.717) is 4.83 Å². The van der Waals surface area contributed by atoms with E-state index in [9.17, 15) is 4.39 Å². The van der Waals surface area contributed by atoms with Crippen LogP contribution in [0.1, 0.15) is 50.5 Å². The zero-order chi connectivity index (χ0) is 12.8. The lowest BCUT2D eigenvalue weighted by Crippen LogP contribution is -2.18. The van der Waals surface area contributed by atoms with Crippen molar-refractivity contribution < 1.29 is 4.39 Å². The second-order valence-corrected chi connectivity index (χ2v) is 6.63. The first kappa shape index (κ1) is 14.0. The maximum atomic E-state index is 12.9. The van der Waals surface area contributed by atoms with Crippen molar-refractivity contribution in [1.82, 2.24) is 0 Å². The van der Waals surface area contributed by atoms with Crippen LogP contribution in [-0.2, 0) is 6.42 Å². The van der Waals surface area contributed by atoms with Gasteiger partial charge in [-0.25, -0.2) is 4.39 Å². The minimum atomic E-state index is -0.143. The number of hydrogen-bond acceptors (Lipinski definition) is 0. The molecule has 0 bridgehead atoms. The van der Waals surface area contributed by atoms with Gasteiger partial charge >= 0.3 is 0 Å². The van der Waals surface area contributed by atoms with Crippen molar-refractivity contribution in [1.29, 1.82) is 0 Å². The highest BCUT2D eigenvalue weighted by Crippen LogP contribution is 2.30. The summed E-state index contributed by atoms with van der Waals surface area (Å²) in [5.74, 6) is 0.645. The standard InChI is InChI=1S/C16H22BrF/c17-16(12-13-8-10-15(18)11-9-13)14-6-4-2-1-3-5-7-14/h8-11,14,16H,1-7,12H2. The molecule has 1 aromatic rings. The van der Waals surface area contributed by atoms with E-state index in [1.54, 1.807) is 12.1 Å². The number of rotatable bonds is 3. The van der Waals surface area contributed by atoms with Crippen LogP contribution >= 0.6 is 15.9 Å². The average molecular weight is 313 g/mol. The van der Waals surface area contributed by atoms with E-state index in [-0.39, 0.29) is 5.82 Å². The van der Waals surface area contributed by atoms with Gasteiger partial charge in [-0.15, -0.1) is 0 Å². The molecule has 1 fully saturated rings. The lowest BCUT2D eigenvalue weighted by molar-refractivity contribution is 0.370. The monoisotopic (exact) mass is 312 g/mol. The Balaban J connectivity index is 1.89. The highest BCUT2D eigenvalue weighted by Gasteiger charge is 2.19. The van der Waals surface area contributed by atoms with Crippen LogP contribution in [0.2, 0.25) is 0 Å². The summed E-state index contributed by atoms with van der Waals surface area (Å²) in [5, 5.41) is 0. The number of halogens is 2. The topological polar surface area (TPSA) is 0 Å². The molecule has 0 aromatic heterocycles. The van der Waals surface area contributed by atoms with Crippen LogP contribution in [0.5, 0.6) is 0 Å². The van der Waals surface area contributed by atoms with Gasteiger partial charge in [-0.1, -0.05) is 60.2 Å². The van der Waals surface area contributed by atoms with Gasteiger partial charge in [-0.3, -0.25) is 0 Å². The minimum Gasteiger partial charge on any atom is -0.207 e. The van der Waals surface area contributed by atoms with Crippen molar-refractivity contribution in [2.45, 2.75) is 56.2 Å². The zero-order valence-electron chi connectivity index (χ0n) is 10.9. The largest absolute Gasteiger partial charge is 0.207 e. The van der Waals surface area contributed by atoms with Gasteiger partial charge in [0.15, 0.2) is 0 Å². The molecule has 2 rings (SSSR count). The van der Waals surface area contributed by atoms with E-state index in [1.807, 2.05) is 12.1 Å². The number of benzene rings is 1. The van der Waals surface area contributed by atoms with E-state index < -0.39 is 0 Å². The third-order valence-corrected chi connectivity index (χ3v) is 5.08. The summed E-state index contributed by atoms with van der Waals surface area (Å²) in [5.41, 5.74) is 1.24. The molecule has 1 saturated carbocycles. The molecule has 0 amide bonds. The van der Waals surface area contributed by atoms with E-state index in [1.165, 1.54) is 50.5 Å². The highest BCUT2D eigenvalue weighted by atomic mass is 79.9. The molecule has 0 radical (unpaired) electrons. The lowest BCUT2D eigenvalue weighted by atomic mass is 9.87. The maximum Gasteiger partial charge on any atom is 0.123 e. The molecular weight excluding hydrogens is 291 g/mol. The first-order valence-corrected chi connectivity index (χ1v) is 8.06. The molecule has 100 valence electrons. The summed E-state index contributed by atoms with van der Waals surface area (Å²) in [6.45, 7) is 0. The van der Waals surface area contributed by atoms with Gasteiger partial charge < -0.3 is 0 Å². The highest BCUT2D eigenvalue weighted by molar-refractivity contribution is 9.09.